The average molecular weight is 533 g/mol. The number of cyclic esters (lactones) is 1. The quantitative estimate of drug-likeness (QED) is 0.397. The van der Waals surface area contributed by atoms with E-state index in [0.29, 0.717) is 12.0 Å². The van der Waals surface area contributed by atoms with Gasteiger partial charge in [-0.1, -0.05) is 20.8 Å². The van der Waals surface area contributed by atoms with E-state index in [0.717, 1.165) is 7.11 Å². The number of carbonyl (C=O) groups is 3. The molecule has 1 aromatic rings. The Morgan fingerprint density at radius 2 is 1.89 bits per heavy atom. The largest absolute Gasteiger partial charge is 0.472 e. The summed E-state index contributed by atoms with van der Waals surface area (Å²) in [5.41, 5.74) is -9.42. The number of furan rings is 1. The second-order valence-corrected chi connectivity index (χ2v) is 13.1. The first kappa shape index (κ1) is 24.7. The van der Waals surface area contributed by atoms with Crippen LogP contribution >= 0.6 is 0 Å². The van der Waals surface area contributed by atoms with Crippen LogP contribution in [-0.4, -0.2) is 74.0 Å². The van der Waals surface area contributed by atoms with Crippen LogP contribution in [0.25, 0.3) is 0 Å². The summed E-state index contributed by atoms with van der Waals surface area (Å²) in [4.78, 5) is 40.2. The lowest BCUT2D eigenvalue weighted by Crippen LogP contribution is -2.72. The number of methoxy groups -OCH3 is 1. The molecule has 6 fully saturated rings. The lowest BCUT2D eigenvalue weighted by molar-refractivity contribution is -0.324. The zero-order chi connectivity index (χ0) is 27.5. The highest BCUT2D eigenvalue weighted by atomic mass is 16.7. The van der Waals surface area contributed by atoms with Gasteiger partial charge in [-0.2, -0.15) is 0 Å². The molecule has 11 heteroatoms. The fourth-order valence-electron chi connectivity index (χ4n) is 10.9. The summed E-state index contributed by atoms with van der Waals surface area (Å²) in [6.07, 6.45) is 0.0892. The van der Waals surface area contributed by atoms with E-state index >= 15 is 0 Å². The number of ketones is 1. The fourth-order valence-corrected chi connectivity index (χ4v) is 10.9. The molecule has 0 radical (unpaired) electrons. The molecule has 3 heterocycles. The second-order valence-electron chi connectivity index (χ2n) is 13.1. The summed E-state index contributed by atoms with van der Waals surface area (Å²) in [5, 5.41) is 49.0. The van der Waals surface area contributed by atoms with Gasteiger partial charge >= 0.3 is 11.9 Å². The Kier molecular flexibility index (Phi) is 4.24. The molecule has 4 N–H and O–H groups in total. The Hall–Kier alpha value is -2.31. The fraction of sp³-hybridized carbons (Fsp3) is 0.741. The van der Waals surface area contributed by atoms with Gasteiger partial charge in [-0.25, -0.2) is 4.79 Å². The Balaban J connectivity index is 1.52. The summed E-state index contributed by atoms with van der Waals surface area (Å²) in [7, 11) is 1.11. The van der Waals surface area contributed by atoms with Crippen molar-refractivity contribution in [1.29, 1.82) is 0 Å². The number of hydrogen-bond donors (Lipinski definition) is 4. The van der Waals surface area contributed by atoms with Crippen LogP contribution in [0, 0.1) is 34.0 Å². The van der Waals surface area contributed by atoms with E-state index in [2.05, 4.69) is 0 Å². The van der Waals surface area contributed by atoms with Gasteiger partial charge in [0.1, 0.15) is 17.3 Å². The lowest BCUT2D eigenvalue weighted by atomic mass is 9.45. The van der Waals surface area contributed by atoms with E-state index in [1.807, 2.05) is 0 Å². The van der Waals surface area contributed by atoms with Crippen molar-refractivity contribution in [3.63, 3.8) is 0 Å². The van der Waals surface area contributed by atoms with Gasteiger partial charge < -0.3 is 39.1 Å². The van der Waals surface area contributed by atoms with E-state index in [4.69, 9.17) is 18.6 Å². The maximum absolute atomic E-state index is 14.3. The minimum Gasteiger partial charge on any atom is -0.472 e. The molecule has 7 rings (SSSR count). The Morgan fingerprint density at radius 3 is 2.53 bits per heavy atom. The van der Waals surface area contributed by atoms with Crippen LogP contribution in [0.3, 0.4) is 0 Å². The molecule has 0 amide bonds. The number of rotatable bonds is 3. The minimum absolute atomic E-state index is 0.203. The van der Waals surface area contributed by atoms with Crippen molar-refractivity contribution >= 4 is 17.7 Å². The smallest absolute Gasteiger partial charge is 0.335 e. The first-order valence-corrected chi connectivity index (χ1v) is 13.0. The van der Waals surface area contributed by atoms with Gasteiger partial charge in [0.15, 0.2) is 11.9 Å². The van der Waals surface area contributed by atoms with Gasteiger partial charge in [-0.05, 0) is 31.2 Å². The maximum atomic E-state index is 14.3. The molecule has 0 aromatic carbocycles. The first-order chi connectivity index (χ1) is 17.6. The number of ether oxygens (including phenoxy) is 3. The molecular weight excluding hydrogens is 500 g/mol. The van der Waals surface area contributed by atoms with Crippen LogP contribution in [0.4, 0.5) is 0 Å². The lowest BCUT2D eigenvalue weighted by Gasteiger charge is -2.63. The molecule has 1 spiro atoms. The maximum Gasteiger partial charge on any atom is 0.335 e. The molecule has 6 aliphatic rings. The summed E-state index contributed by atoms with van der Waals surface area (Å²) in [6.45, 7) is 4.97. The zero-order valence-corrected chi connectivity index (χ0v) is 21.6. The zero-order valence-electron chi connectivity index (χ0n) is 21.6. The highest BCUT2D eigenvalue weighted by Crippen LogP contribution is 2.86. The highest BCUT2D eigenvalue weighted by molar-refractivity contribution is 5.96. The molecule has 4 aliphatic carbocycles. The third kappa shape index (κ3) is 2.04. The van der Waals surface area contributed by atoms with Crippen molar-refractivity contribution in [2.75, 3.05) is 7.11 Å². The van der Waals surface area contributed by atoms with Crippen LogP contribution in [0.5, 0.6) is 0 Å². The number of Topliss-reactive ketones (excluding diaryl/α,β-unsaturated/α-hetero) is 1. The van der Waals surface area contributed by atoms with Gasteiger partial charge in [-0.3, -0.25) is 9.59 Å². The first-order valence-electron chi connectivity index (χ1n) is 13.0. The predicted molar refractivity (Wildman–Crippen MR) is 122 cm³/mol. The number of aliphatic hydroxyl groups is 4. The topological polar surface area (TPSA) is 173 Å². The number of aliphatic hydroxyl groups excluding tert-OH is 1. The van der Waals surface area contributed by atoms with Crippen LogP contribution in [-0.2, 0) is 28.6 Å². The second kappa shape index (κ2) is 6.52. The van der Waals surface area contributed by atoms with Crippen LogP contribution in [0.1, 0.15) is 58.1 Å². The molecule has 2 saturated heterocycles. The molecule has 1 aromatic heterocycles. The van der Waals surface area contributed by atoms with Crippen molar-refractivity contribution in [3.05, 3.63) is 24.2 Å². The summed E-state index contributed by atoms with van der Waals surface area (Å²) < 4.78 is 22.3. The average Bonchev–Trinajstić information content (AvgIpc) is 3.51. The Bertz CT molecular complexity index is 1290. The molecule has 2 aliphatic heterocycles. The predicted octanol–water partition coefficient (Wildman–Crippen LogP) is 0.383. The van der Waals surface area contributed by atoms with Crippen LogP contribution in [0.2, 0.25) is 0 Å². The third-order valence-corrected chi connectivity index (χ3v) is 12.0. The van der Waals surface area contributed by atoms with E-state index in [9.17, 15) is 34.8 Å². The van der Waals surface area contributed by atoms with Crippen LogP contribution < -0.4 is 0 Å². The van der Waals surface area contributed by atoms with Crippen molar-refractivity contribution in [3.8, 4) is 0 Å². The summed E-state index contributed by atoms with van der Waals surface area (Å²) in [6, 6.07) is 1.65. The standard InChI is InChI=1S/C27H32O11/c1-21-11-24(32)19-26(33)13(23(24,3)16(21)15(29)18(30)35-4)5-7-22(2)17(12-6-8-36-10-12)37-14(28)9-25(22,26)38-27(19,34)20(21)31/h6,8,10,13,15-17,19,29,32-34H,5,7,9,11H2,1-4H3/t13-,15?,16+,17+,19?,21+,22+,23-,24+,25-,26+,27-/m1/s1. The number of fused-ring (bicyclic) bond motifs is 2. The van der Waals surface area contributed by atoms with E-state index in [-0.39, 0.29) is 12.8 Å². The third-order valence-electron chi connectivity index (χ3n) is 12.0. The molecule has 2 bridgehead atoms. The molecular formula is C27H32O11. The van der Waals surface area contributed by atoms with Gasteiger partial charge in [0.05, 0.1) is 37.6 Å². The Labute approximate surface area is 218 Å². The number of carbonyl (C=O) groups excluding carboxylic acids is 3. The van der Waals surface area contributed by atoms with Crippen LogP contribution in [0.15, 0.2) is 23.0 Å². The summed E-state index contributed by atoms with van der Waals surface area (Å²) in [5.74, 6) is -8.75. The van der Waals surface area contributed by atoms with Crippen molar-refractivity contribution < 1.29 is 53.4 Å². The van der Waals surface area contributed by atoms with E-state index in [1.54, 1.807) is 19.9 Å². The molecule has 12 atom stereocenters. The molecule has 4 saturated carbocycles. The van der Waals surface area contributed by atoms with E-state index in [1.165, 1.54) is 19.5 Å². The van der Waals surface area contributed by atoms with Crippen molar-refractivity contribution in [1.82, 2.24) is 0 Å². The number of hydrogen-bond acceptors (Lipinski definition) is 11. The van der Waals surface area contributed by atoms with Gasteiger partial charge in [0.2, 0.25) is 5.79 Å². The molecule has 38 heavy (non-hydrogen) atoms. The molecule has 11 nitrogen and oxygen atoms in total. The van der Waals surface area contributed by atoms with Gasteiger partial charge in [0, 0.05) is 27.7 Å². The van der Waals surface area contributed by atoms with Gasteiger partial charge in [0.25, 0.3) is 0 Å². The highest BCUT2D eigenvalue weighted by Gasteiger charge is 2.99. The van der Waals surface area contributed by atoms with Crippen molar-refractivity contribution in [2.24, 2.45) is 34.0 Å². The normalized spacial score (nSPS) is 56.4. The monoisotopic (exact) mass is 532 g/mol. The number of esters is 2. The summed E-state index contributed by atoms with van der Waals surface area (Å²) >= 11 is 0. The molecule has 2 unspecified atom stereocenters. The van der Waals surface area contributed by atoms with Gasteiger partial charge in [-0.15, -0.1) is 0 Å². The minimum atomic E-state index is -2.68. The van der Waals surface area contributed by atoms with Crippen molar-refractivity contribution in [2.45, 2.75) is 81.3 Å². The van der Waals surface area contributed by atoms with E-state index < -0.39 is 92.9 Å². The SMILES string of the molecule is COC(=O)C(O)[C@@H]1[C@@]2(C)[C@H]3CC[C@@]4(C)[C@H](c5ccoc5)OC(=O)C[C@@]45O[C@@]4(O)C(=O)[C@@]1(C)C[C@]2(O)C4[C@@]35O. The Morgan fingerprint density at radius 1 is 1.18 bits per heavy atom. The molecule has 206 valence electrons.